The van der Waals surface area contributed by atoms with E-state index in [1.165, 1.54) is 22.9 Å². The number of aromatic nitrogens is 3. The highest BCUT2D eigenvalue weighted by atomic mass is 19.1. The first kappa shape index (κ1) is 26.4. The Hall–Kier alpha value is -3.66. The third-order valence-corrected chi connectivity index (χ3v) is 6.55. The number of nitrogens with one attached hydrogen (secondary N) is 2. The molecule has 1 aromatic heterocycles. The molecule has 2 heterocycles. The summed E-state index contributed by atoms with van der Waals surface area (Å²) in [5.41, 5.74) is 1.46. The second-order valence-corrected chi connectivity index (χ2v) is 9.86. The molecular weight excluding hydrogens is 478 g/mol. The molecule has 37 heavy (non-hydrogen) atoms. The minimum atomic E-state index is -1.09. The number of Topliss-reactive ketones (excluding diaryl/α,β-unsaturated/α-hetero) is 1. The second kappa shape index (κ2) is 11.2. The summed E-state index contributed by atoms with van der Waals surface area (Å²) in [5.74, 6) is -1.12. The molecule has 8 nitrogen and oxygen atoms in total. The Bertz CT molecular complexity index is 1280. The third kappa shape index (κ3) is 6.02. The topological polar surface area (TPSA) is 92.2 Å². The van der Waals surface area contributed by atoms with Gasteiger partial charge < -0.3 is 15.5 Å². The van der Waals surface area contributed by atoms with Gasteiger partial charge in [0.05, 0.1) is 12.2 Å². The molecule has 196 valence electrons. The Balaban J connectivity index is 1.62. The normalized spacial score (nSPS) is 16.1. The van der Waals surface area contributed by atoms with E-state index in [1.807, 2.05) is 13.8 Å². The molecule has 2 N–H and O–H groups in total. The largest absolute Gasteiger partial charge is 0.360 e. The van der Waals surface area contributed by atoms with Gasteiger partial charge in [0.15, 0.2) is 11.6 Å². The molecule has 1 aliphatic heterocycles. The number of benzene rings is 2. The first-order valence-corrected chi connectivity index (χ1v) is 12.4. The van der Waals surface area contributed by atoms with Crippen molar-refractivity contribution in [3.05, 3.63) is 65.4 Å². The number of hydrogen-bond acceptors (Lipinski definition) is 6. The van der Waals surface area contributed by atoms with Crippen molar-refractivity contribution in [2.75, 3.05) is 25.5 Å². The van der Waals surface area contributed by atoms with Gasteiger partial charge in [0.25, 0.3) is 0 Å². The summed E-state index contributed by atoms with van der Waals surface area (Å²) in [6, 6.07) is 7.47. The number of amides is 1. The number of anilines is 1. The first-order chi connectivity index (χ1) is 17.6. The predicted molar refractivity (Wildman–Crippen MR) is 137 cm³/mol. The Labute approximate surface area is 215 Å². The third-order valence-electron chi connectivity index (χ3n) is 6.55. The van der Waals surface area contributed by atoms with Crippen molar-refractivity contribution >= 4 is 17.5 Å². The zero-order valence-electron chi connectivity index (χ0n) is 21.5. The number of ketones is 1. The lowest BCUT2D eigenvalue weighted by atomic mass is 9.95. The fraction of sp³-hybridized carbons (Fsp3) is 0.407. The summed E-state index contributed by atoms with van der Waals surface area (Å²) in [7, 11) is 3.61. The van der Waals surface area contributed by atoms with Crippen molar-refractivity contribution in [1.82, 2.24) is 25.6 Å². The summed E-state index contributed by atoms with van der Waals surface area (Å²) < 4.78 is 31.2. The lowest BCUT2D eigenvalue weighted by Gasteiger charge is -2.21. The number of halogens is 2. The van der Waals surface area contributed by atoms with Crippen LogP contribution in [0, 0.1) is 11.6 Å². The number of rotatable bonds is 9. The zero-order valence-corrected chi connectivity index (χ0v) is 21.5. The summed E-state index contributed by atoms with van der Waals surface area (Å²) in [6.45, 7) is 4.34. The van der Waals surface area contributed by atoms with E-state index in [2.05, 4.69) is 20.9 Å². The highest BCUT2D eigenvalue weighted by Crippen LogP contribution is 2.29. The Kier molecular flexibility index (Phi) is 7.97. The van der Waals surface area contributed by atoms with Gasteiger partial charge in [0, 0.05) is 19.7 Å². The SMILES string of the molecule is CC(C)c1ccc(-c2ccc(C(NC(=O)C3CCCN3)C(=O)Cn3cc(N(C)C)nn3)cc2F)cc1F. The van der Waals surface area contributed by atoms with E-state index in [9.17, 15) is 14.0 Å². The van der Waals surface area contributed by atoms with Crippen molar-refractivity contribution in [3.8, 4) is 11.1 Å². The predicted octanol–water partition coefficient (Wildman–Crippen LogP) is 3.59. The average Bonchev–Trinajstić information content (AvgIpc) is 3.55. The minimum Gasteiger partial charge on any atom is -0.360 e. The second-order valence-electron chi connectivity index (χ2n) is 9.86. The van der Waals surface area contributed by atoms with E-state index >= 15 is 4.39 Å². The van der Waals surface area contributed by atoms with Gasteiger partial charge in [-0.15, -0.1) is 5.10 Å². The van der Waals surface area contributed by atoms with Gasteiger partial charge in [-0.2, -0.15) is 0 Å². The van der Waals surface area contributed by atoms with Crippen molar-refractivity contribution in [1.29, 1.82) is 0 Å². The fourth-order valence-electron chi connectivity index (χ4n) is 4.43. The van der Waals surface area contributed by atoms with Gasteiger partial charge >= 0.3 is 0 Å². The standard InChI is InChI=1S/C27H32F2N6O2/c1-16(2)19-9-7-17(12-21(19)28)20-10-8-18(13-22(20)29)26(31-27(37)23-6-5-11-30-23)24(36)14-35-15-25(32-33-35)34(3)4/h7-10,12-13,15-16,23,26,30H,5-6,11,14H2,1-4H3,(H,31,37). The van der Waals surface area contributed by atoms with Crippen LogP contribution in [0.2, 0.25) is 0 Å². The molecule has 0 bridgehead atoms. The lowest BCUT2D eigenvalue weighted by Crippen LogP contribution is -2.44. The monoisotopic (exact) mass is 510 g/mol. The Morgan fingerprint density at radius 2 is 1.95 bits per heavy atom. The van der Waals surface area contributed by atoms with Gasteiger partial charge in [-0.05, 0) is 54.1 Å². The highest BCUT2D eigenvalue weighted by molar-refractivity contribution is 5.92. The van der Waals surface area contributed by atoms with Crippen molar-refractivity contribution in [2.24, 2.45) is 0 Å². The molecular formula is C27H32F2N6O2. The van der Waals surface area contributed by atoms with Crippen LogP contribution in [0.3, 0.4) is 0 Å². The molecule has 2 unspecified atom stereocenters. The van der Waals surface area contributed by atoms with E-state index < -0.39 is 23.7 Å². The van der Waals surface area contributed by atoms with Gasteiger partial charge in [-0.3, -0.25) is 9.59 Å². The maximum absolute atomic E-state index is 15.3. The number of nitrogens with zero attached hydrogens (tertiary/aromatic N) is 4. The molecule has 2 atom stereocenters. The van der Waals surface area contributed by atoms with Crippen LogP contribution in [-0.2, 0) is 16.1 Å². The highest BCUT2D eigenvalue weighted by Gasteiger charge is 2.29. The molecule has 10 heteroatoms. The molecule has 0 aliphatic carbocycles. The van der Waals surface area contributed by atoms with Gasteiger partial charge in [0.1, 0.15) is 24.2 Å². The minimum absolute atomic E-state index is 0.00445. The van der Waals surface area contributed by atoms with Crippen LogP contribution >= 0.6 is 0 Å². The van der Waals surface area contributed by atoms with Crippen molar-refractivity contribution in [2.45, 2.75) is 51.2 Å². The number of carbonyl (C=O) groups excluding carboxylic acids is 2. The number of carbonyl (C=O) groups is 2. The maximum Gasteiger partial charge on any atom is 0.237 e. The van der Waals surface area contributed by atoms with E-state index in [4.69, 9.17) is 0 Å². The van der Waals surface area contributed by atoms with Crippen LogP contribution < -0.4 is 15.5 Å². The average molecular weight is 511 g/mol. The molecule has 0 radical (unpaired) electrons. The lowest BCUT2D eigenvalue weighted by molar-refractivity contribution is -0.129. The fourth-order valence-corrected chi connectivity index (χ4v) is 4.43. The Morgan fingerprint density at radius 3 is 2.54 bits per heavy atom. The zero-order chi connectivity index (χ0) is 26.7. The molecule has 1 fully saturated rings. The number of hydrogen-bond donors (Lipinski definition) is 2. The van der Waals surface area contributed by atoms with E-state index in [0.29, 0.717) is 28.9 Å². The van der Waals surface area contributed by atoms with E-state index in [0.717, 1.165) is 13.0 Å². The summed E-state index contributed by atoms with van der Waals surface area (Å²) in [4.78, 5) is 28.0. The molecule has 4 rings (SSSR count). The first-order valence-electron chi connectivity index (χ1n) is 12.4. The molecule has 3 aromatic rings. The van der Waals surface area contributed by atoms with E-state index in [-0.39, 0.29) is 29.7 Å². The summed E-state index contributed by atoms with van der Waals surface area (Å²) in [5, 5.41) is 13.9. The summed E-state index contributed by atoms with van der Waals surface area (Å²) >= 11 is 0. The van der Waals surface area contributed by atoms with E-state index in [1.54, 1.807) is 43.4 Å². The van der Waals surface area contributed by atoms with Gasteiger partial charge in [-0.1, -0.05) is 43.3 Å². The van der Waals surface area contributed by atoms with Gasteiger partial charge in [0.2, 0.25) is 5.91 Å². The molecule has 1 aliphatic rings. The van der Waals surface area contributed by atoms with Crippen LogP contribution in [0.25, 0.3) is 11.1 Å². The summed E-state index contributed by atoms with van der Waals surface area (Å²) in [6.07, 6.45) is 3.14. The molecule has 2 aromatic carbocycles. The van der Waals surface area contributed by atoms with Crippen molar-refractivity contribution < 1.29 is 18.4 Å². The maximum atomic E-state index is 15.3. The molecule has 1 amide bonds. The van der Waals surface area contributed by atoms with Crippen LogP contribution in [0.1, 0.15) is 49.8 Å². The Morgan fingerprint density at radius 1 is 1.16 bits per heavy atom. The van der Waals surface area contributed by atoms with Crippen LogP contribution in [0.5, 0.6) is 0 Å². The smallest absolute Gasteiger partial charge is 0.237 e. The van der Waals surface area contributed by atoms with Crippen LogP contribution in [-0.4, -0.2) is 53.4 Å². The van der Waals surface area contributed by atoms with Gasteiger partial charge in [-0.25, -0.2) is 13.5 Å². The van der Waals surface area contributed by atoms with Crippen molar-refractivity contribution in [3.63, 3.8) is 0 Å². The van der Waals surface area contributed by atoms with Crippen LogP contribution in [0.15, 0.2) is 42.6 Å². The van der Waals surface area contributed by atoms with Crippen LogP contribution in [0.4, 0.5) is 14.6 Å². The molecule has 1 saturated heterocycles. The molecule has 0 spiro atoms. The molecule has 0 saturated carbocycles. The quantitative estimate of drug-likeness (QED) is 0.457.